The number of nitrogens with one attached hydrogen (secondary N) is 2. The Labute approximate surface area is 181 Å². The third-order valence-electron chi connectivity index (χ3n) is 5.42. The topological polar surface area (TPSA) is 78.5 Å². The summed E-state index contributed by atoms with van der Waals surface area (Å²) < 4.78 is 13.4. The van der Waals surface area contributed by atoms with Crippen molar-refractivity contribution in [2.24, 2.45) is 0 Å². The molecule has 0 unspecified atom stereocenters. The highest BCUT2D eigenvalue weighted by molar-refractivity contribution is 5.94. The molecule has 0 radical (unpaired) electrons. The molecule has 0 spiro atoms. The van der Waals surface area contributed by atoms with E-state index in [0.29, 0.717) is 37.9 Å². The van der Waals surface area contributed by atoms with E-state index in [9.17, 15) is 18.8 Å². The number of benzene rings is 2. The third kappa shape index (κ3) is 6.38. The molecule has 0 saturated carbocycles. The summed E-state index contributed by atoms with van der Waals surface area (Å²) in [7, 11) is 0. The quantitative estimate of drug-likeness (QED) is 0.747. The van der Waals surface area contributed by atoms with Gasteiger partial charge in [-0.15, -0.1) is 0 Å². The van der Waals surface area contributed by atoms with Crippen LogP contribution >= 0.6 is 0 Å². The van der Waals surface area contributed by atoms with Crippen LogP contribution in [0.1, 0.15) is 41.3 Å². The van der Waals surface area contributed by atoms with E-state index >= 15 is 0 Å². The van der Waals surface area contributed by atoms with Crippen LogP contribution in [0.15, 0.2) is 48.5 Å². The van der Waals surface area contributed by atoms with Gasteiger partial charge in [0.05, 0.1) is 0 Å². The average Bonchev–Trinajstić information content (AvgIpc) is 2.73. The number of piperidine rings is 1. The first-order valence-electron chi connectivity index (χ1n) is 10.5. The van der Waals surface area contributed by atoms with Gasteiger partial charge in [-0.1, -0.05) is 35.9 Å². The van der Waals surface area contributed by atoms with Gasteiger partial charge in [-0.3, -0.25) is 14.4 Å². The van der Waals surface area contributed by atoms with Crippen molar-refractivity contribution in [1.29, 1.82) is 0 Å². The molecule has 1 aliphatic rings. The van der Waals surface area contributed by atoms with Gasteiger partial charge >= 0.3 is 0 Å². The van der Waals surface area contributed by atoms with Crippen LogP contribution in [0.4, 0.5) is 4.39 Å². The highest BCUT2D eigenvalue weighted by Gasteiger charge is 2.27. The van der Waals surface area contributed by atoms with Gasteiger partial charge in [0, 0.05) is 38.0 Å². The fraction of sp³-hybridized carbons (Fsp3) is 0.375. The van der Waals surface area contributed by atoms with Gasteiger partial charge in [0.25, 0.3) is 5.91 Å². The van der Waals surface area contributed by atoms with Crippen molar-refractivity contribution in [2.75, 3.05) is 13.1 Å². The highest BCUT2D eigenvalue weighted by Crippen LogP contribution is 2.15. The number of likely N-dealkylation sites (tertiary alicyclic amines) is 1. The van der Waals surface area contributed by atoms with E-state index in [1.54, 1.807) is 11.0 Å². The first kappa shape index (κ1) is 22.5. The van der Waals surface area contributed by atoms with E-state index in [0.717, 1.165) is 11.1 Å². The van der Waals surface area contributed by atoms with Crippen molar-refractivity contribution < 1.29 is 18.8 Å². The molecule has 0 aromatic heterocycles. The molecule has 2 aromatic rings. The summed E-state index contributed by atoms with van der Waals surface area (Å²) in [6.45, 7) is 4.33. The molecular formula is C24H28FN3O3. The lowest BCUT2D eigenvalue weighted by atomic mass is 10.0. The first-order chi connectivity index (χ1) is 14.8. The zero-order chi connectivity index (χ0) is 22.4. The largest absolute Gasteiger partial charge is 0.351 e. The standard InChI is InChI=1S/C24H28FN3O3/c1-16-5-3-6-18(13-16)14-22(26-17(2)29)23(30)27-21-9-11-28(12-10-21)24(31)19-7-4-8-20(25)15-19/h3-8,13,15,21-22H,9-12,14H2,1-2H3,(H,26,29)(H,27,30)/t22-/m0/s1. The van der Waals surface area contributed by atoms with Crippen molar-refractivity contribution in [3.8, 4) is 0 Å². The maximum atomic E-state index is 13.4. The Kier molecular flexibility index (Phi) is 7.39. The summed E-state index contributed by atoms with van der Waals surface area (Å²) in [6, 6.07) is 12.8. The van der Waals surface area contributed by atoms with Crippen LogP contribution in [0, 0.1) is 12.7 Å². The first-order valence-corrected chi connectivity index (χ1v) is 10.5. The minimum Gasteiger partial charge on any atom is -0.351 e. The van der Waals surface area contributed by atoms with Crippen LogP contribution < -0.4 is 10.6 Å². The monoisotopic (exact) mass is 425 g/mol. The van der Waals surface area contributed by atoms with Crippen molar-refractivity contribution in [3.05, 3.63) is 71.0 Å². The number of amides is 3. The second-order valence-electron chi connectivity index (χ2n) is 8.03. The molecule has 7 heteroatoms. The van der Waals surface area contributed by atoms with Gasteiger partial charge in [-0.2, -0.15) is 0 Å². The maximum Gasteiger partial charge on any atom is 0.253 e. The summed E-state index contributed by atoms with van der Waals surface area (Å²) in [4.78, 5) is 38.7. The van der Waals surface area contributed by atoms with E-state index in [1.165, 1.54) is 25.1 Å². The summed E-state index contributed by atoms with van der Waals surface area (Å²) in [5.41, 5.74) is 2.39. The van der Waals surface area contributed by atoms with Crippen molar-refractivity contribution >= 4 is 17.7 Å². The van der Waals surface area contributed by atoms with Crippen LogP contribution in [0.2, 0.25) is 0 Å². The zero-order valence-corrected chi connectivity index (χ0v) is 17.9. The molecule has 1 aliphatic heterocycles. The zero-order valence-electron chi connectivity index (χ0n) is 17.9. The number of aryl methyl sites for hydroxylation is 1. The molecule has 31 heavy (non-hydrogen) atoms. The molecule has 1 fully saturated rings. The van der Waals surface area contributed by atoms with E-state index in [1.807, 2.05) is 31.2 Å². The lowest BCUT2D eigenvalue weighted by Crippen LogP contribution is -2.53. The third-order valence-corrected chi connectivity index (χ3v) is 5.42. The summed E-state index contributed by atoms with van der Waals surface area (Å²) >= 11 is 0. The number of carbonyl (C=O) groups is 3. The van der Waals surface area contributed by atoms with Crippen LogP contribution in [-0.2, 0) is 16.0 Å². The van der Waals surface area contributed by atoms with E-state index in [4.69, 9.17) is 0 Å². The molecular weight excluding hydrogens is 397 g/mol. The minimum atomic E-state index is -0.661. The second kappa shape index (κ2) is 10.2. The number of nitrogens with zero attached hydrogens (tertiary/aromatic N) is 1. The van der Waals surface area contributed by atoms with Gasteiger partial charge < -0.3 is 15.5 Å². The highest BCUT2D eigenvalue weighted by atomic mass is 19.1. The molecule has 2 N–H and O–H groups in total. The number of carbonyl (C=O) groups excluding carboxylic acids is 3. The number of rotatable bonds is 6. The fourth-order valence-electron chi connectivity index (χ4n) is 3.86. The number of halogens is 1. The second-order valence-corrected chi connectivity index (χ2v) is 8.03. The number of hydrogen-bond donors (Lipinski definition) is 2. The molecule has 2 aromatic carbocycles. The van der Waals surface area contributed by atoms with Crippen LogP contribution in [-0.4, -0.2) is 47.8 Å². The fourth-order valence-corrected chi connectivity index (χ4v) is 3.86. The molecule has 3 rings (SSSR count). The normalized spacial score (nSPS) is 15.3. The molecule has 3 amide bonds. The van der Waals surface area contributed by atoms with Gasteiger partial charge in [-0.05, 0) is 43.5 Å². The van der Waals surface area contributed by atoms with E-state index in [-0.39, 0.29) is 23.8 Å². The summed E-state index contributed by atoms with van der Waals surface area (Å²) in [5.74, 6) is -1.14. The predicted octanol–water partition coefficient (Wildman–Crippen LogP) is 2.60. The minimum absolute atomic E-state index is 0.0853. The molecule has 6 nitrogen and oxygen atoms in total. The molecule has 164 valence electrons. The van der Waals surface area contributed by atoms with Crippen LogP contribution in [0.5, 0.6) is 0 Å². The Morgan fingerprint density at radius 1 is 1.10 bits per heavy atom. The Morgan fingerprint density at radius 3 is 2.45 bits per heavy atom. The Balaban J connectivity index is 1.56. The van der Waals surface area contributed by atoms with Crippen LogP contribution in [0.25, 0.3) is 0 Å². The predicted molar refractivity (Wildman–Crippen MR) is 116 cm³/mol. The summed E-state index contributed by atoms with van der Waals surface area (Å²) in [6.07, 6.45) is 1.61. The molecule has 1 atom stereocenters. The lowest BCUT2D eigenvalue weighted by molar-refractivity contribution is -0.128. The van der Waals surface area contributed by atoms with Gasteiger partial charge in [-0.25, -0.2) is 4.39 Å². The Morgan fingerprint density at radius 2 is 1.81 bits per heavy atom. The Hall–Kier alpha value is -3.22. The summed E-state index contributed by atoms with van der Waals surface area (Å²) in [5, 5.41) is 5.76. The molecule has 1 saturated heterocycles. The average molecular weight is 426 g/mol. The molecule has 1 heterocycles. The van der Waals surface area contributed by atoms with Crippen molar-refractivity contribution in [3.63, 3.8) is 0 Å². The van der Waals surface area contributed by atoms with Gasteiger partial charge in [0.1, 0.15) is 11.9 Å². The SMILES string of the molecule is CC(=O)N[C@@H](Cc1cccc(C)c1)C(=O)NC1CCN(C(=O)c2cccc(F)c2)CC1. The van der Waals surface area contributed by atoms with Crippen molar-refractivity contribution in [1.82, 2.24) is 15.5 Å². The van der Waals surface area contributed by atoms with E-state index < -0.39 is 11.9 Å². The van der Waals surface area contributed by atoms with Crippen LogP contribution in [0.3, 0.4) is 0 Å². The van der Waals surface area contributed by atoms with Crippen molar-refractivity contribution in [2.45, 2.75) is 45.2 Å². The Bertz CT molecular complexity index is 955. The van der Waals surface area contributed by atoms with Gasteiger partial charge in [0.15, 0.2) is 0 Å². The lowest BCUT2D eigenvalue weighted by Gasteiger charge is -2.33. The van der Waals surface area contributed by atoms with Gasteiger partial charge in [0.2, 0.25) is 11.8 Å². The smallest absolute Gasteiger partial charge is 0.253 e. The molecule has 0 bridgehead atoms. The number of hydrogen-bond acceptors (Lipinski definition) is 3. The maximum absolute atomic E-state index is 13.4. The molecule has 0 aliphatic carbocycles. The van der Waals surface area contributed by atoms with E-state index in [2.05, 4.69) is 10.6 Å².